The summed E-state index contributed by atoms with van der Waals surface area (Å²) < 4.78 is 49.6. The standard InChI is InChI=1S/C8H7F4NO/c1-3-4(9)2-5(14)6(7(3)13)8(10,11)12/h2,14H,13H2,1H3. The zero-order chi connectivity index (χ0) is 11.1. The first-order chi connectivity index (χ1) is 6.25. The maximum absolute atomic E-state index is 12.8. The fourth-order valence-corrected chi connectivity index (χ4v) is 1.05. The van der Waals surface area contributed by atoms with Crippen LogP contribution in [0.15, 0.2) is 6.07 Å². The van der Waals surface area contributed by atoms with Crippen molar-refractivity contribution in [2.24, 2.45) is 0 Å². The number of rotatable bonds is 0. The largest absolute Gasteiger partial charge is 0.507 e. The summed E-state index contributed by atoms with van der Waals surface area (Å²) in [4.78, 5) is 0. The molecular formula is C8H7F4NO. The highest BCUT2D eigenvalue weighted by atomic mass is 19.4. The molecule has 2 nitrogen and oxygen atoms in total. The molecule has 0 aliphatic rings. The molecule has 0 heterocycles. The van der Waals surface area contributed by atoms with Gasteiger partial charge < -0.3 is 10.8 Å². The van der Waals surface area contributed by atoms with Gasteiger partial charge in [0.25, 0.3) is 0 Å². The predicted molar refractivity (Wildman–Crippen MR) is 42.2 cm³/mol. The third-order valence-corrected chi connectivity index (χ3v) is 1.83. The lowest BCUT2D eigenvalue weighted by Crippen LogP contribution is -2.11. The number of halogens is 4. The van der Waals surface area contributed by atoms with Crippen LogP contribution in [0.5, 0.6) is 5.75 Å². The zero-order valence-electron chi connectivity index (χ0n) is 7.11. The van der Waals surface area contributed by atoms with Crippen molar-refractivity contribution in [3.05, 3.63) is 23.0 Å². The normalized spacial score (nSPS) is 11.8. The number of phenols is 1. The van der Waals surface area contributed by atoms with Gasteiger partial charge in [0.05, 0.1) is 5.69 Å². The molecule has 0 bridgehead atoms. The second-order valence-corrected chi connectivity index (χ2v) is 2.79. The fraction of sp³-hybridized carbons (Fsp3) is 0.250. The van der Waals surface area contributed by atoms with Crippen LogP contribution in [0.1, 0.15) is 11.1 Å². The van der Waals surface area contributed by atoms with E-state index in [1.807, 2.05) is 0 Å². The highest BCUT2D eigenvalue weighted by molar-refractivity contribution is 5.60. The third-order valence-electron chi connectivity index (χ3n) is 1.83. The summed E-state index contributed by atoms with van der Waals surface area (Å²) in [5.74, 6) is -2.16. The molecule has 0 amide bonds. The fourth-order valence-electron chi connectivity index (χ4n) is 1.05. The number of hydrogen-bond acceptors (Lipinski definition) is 2. The van der Waals surface area contributed by atoms with Gasteiger partial charge in [-0.2, -0.15) is 13.2 Å². The number of nitrogens with two attached hydrogens (primary N) is 1. The third kappa shape index (κ3) is 1.59. The van der Waals surface area contributed by atoms with Crippen LogP contribution in [0.25, 0.3) is 0 Å². The molecule has 0 fully saturated rings. The van der Waals surface area contributed by atoms with Gasteiger partial charge in [0.2, 0.25) is 0 Å². The highest BCUT2D eigenvalue weighted by Gasteiger charge is 2.37. The van der Waals surface area contributed by atoms with Gasteiger partial charge in [0, 0.05) is 11.6 Å². The van der Waals surface area contributed by atoms with E-state index in [2.05, 4.69) is 0 Å². The van der Waals surface area contributed by atoms with Gasteiger partial charge in [-0.3, -0.25) is 0 Å². The Morgan fingerprint density at radius 1 is 1.36 bits per heavy atom. The van der Waals surface area contributed by atoms with Gasteiger partial charge in [0.1, 0.15) is 17.1 Å². The van der Waals surface area contributed by atoms with Crippen molar-refractivity contribution in [1.29, 1.82) is 0 Å². The molecule has 0 radical (unpaired) electrons. The van der Waals surface area contributed by atoms with E-state index in [9.17, 15) is 17.6 Å². The molecule has 0 aliphatic heterocycles. The van der Waals surface area contributed by atoms with E-state index >= 15 is 0 Å². The number of aromatic hydroxyl groups is 1. The number of nitrogen functional groups attached to an aromatic ring is 1. The molecule has 1 aromatic rings. The van der Waals surface area contributed by atoms with Gasteiger partial charge >= 0.3 is 6.18 Å². The smallest absolute Gasteiger partial charge is 0.421 e. The average molecular weight is 209 g/mol. The van der Waals surface area contributed by atoms with E-state index < -0.39 is 29.0 Å². The van der Waals surface area contributed by atoms with Crippen molar-refractivity contribution in [3.8, 4) is 5.75 Å². The predicted octanol–water partition coefficient (Wildman–Crippen LogP) is 2.44. The second kappa shape index (κ2) is 3.04. The molecule has 78 valence electrons. The summed E-state index contributed by atoms with van der Waals surface area (Å²) in [6.07, 6.45) is -4.79. The minimum absolute atomic E-state index is 0.324. The first kappa shape index (κ1) is 10.6. The molecular weight excluding hydrogens is 202 g/mol. The van der Waals surface area contributed by atoms with Crippen molar-refractivity contribution in [1.82, 2.24) is 0 Å². The maximum Gasteiger partial charge on any atom is 0.421 e. The van der Waals surface area contributed by atoms with Crippen molar-refractivity contribution < 1.29 is 22.7 Å². The Balaban J connectivity index is 3.53. The summed E-state index contributed by atoms with van der Waals surface area (Å²) in [6.45, 7) is 1.11. The maximum atomic E-state index is 12.8. The number of benzene rings is 1. The number of alkyl halides is 3. The molecule has 0 aliphatic carbocycles. The van der Waals surface area contributed by atoms with Crippen LogP contribution in [-0.2, 0) is 6.18 Å². The van der Waals surface area contributed by atoms with Gasteiger partial charge in [0.15, 0.2) is 0 Å². The van der Waals surface area contributed by atoms with Crippen molar-refractivity contribution in [2.75, 3.05) is 5.73 Å². The summed E-state index contributed by atoms with van der Waals surface area (Å²) >= 11 is 0. The first-order valence-corrected chi connectivity index (χ1v) is 3.60. The molecule has 3 N–H and O–H groups in total. The molecule has 1 rings (SSSR count). The van der Waals surface area contributed by atoms with Crippen LogP contribution in [0.4, 0.5) is 23.2 Å². The monoisotopic (exact) mass is 209 g/mol. The van der Waals surface area contributed by atoms with E-state index in [0.29, 0.717) is 6.07 Å². The van der Waals surface area contributed by atoms with Crippen molar-refractivity contribution in [3.63, 3.8) is 0 Å². The van der Waals surface area contributed by atoms with Crippen LogP contribution in [-0.4, -0.2) is 5.11 Å². The Bertz CT molecular complexity index is 373. The summed E-state index contributed by atoms with van der Waals surface area (Å²) in [5, 5.41) is 8.89. The van der Waals surface area contributed by atoms with Crippen LogP contribution in [0.2, 0.25) is 0 Å². The van der Waals surface area contributed by atoms with Crippen LogP contribution in [0.3, 0.4) is 0 Å². The molecule has 0 aromatic heterocycles. The lowest BCUT2D eigenvalue weighted by Gasteiger charge is -2.13. The number of hydrogen-bond donors (Lipinski definition) is 2. The Kier molecular flexibility index (Phi) is 2.31. The molecule has 0 saturated heterocycles. The zero-order valence-corrected chi connectivity index (χ0v) is 7.11. The summed E-state index contributed by atoms with van der Waals surface area (Å²) in [6, 6.07) is 0.397. The molecule has 6 heteroatoms. The Morgan fingerprint density at radius 3 is 2.29 bits per heavy atom. The Labute approximate surface area is 77.0 Å². The second-order valence-electron chi connectivity index (χ2n) is 2.79. The van der Waals surface area contributed by atoms with E-state index in [1.165, 1.54) is 0 Å². The number of phenolic OH excluding ortho intramolecular Hbond substituents is 1. The van der Waals surface area contributed by atoms with E-state index in [-0.39, 0.29) is 5.56 Å². The van der Waals surface area contributed by atoms with Gasteiger partial charge in [-0.05, 0) is 6.92 Å². The van der Waals surface area contributed by atoms with Crippen molar-refractivity contribution >= 4 is 5.69 Å². The van der Waals surface area contributed by atoms with E-state index in [1.54, 1.807) is 0 Å². The minimum atomic E-state index is -4.79. The Hall–Kier alpha value is -1.46. The SMILES string of the molecule is Cc1c(F)cc(O)c(C(F)(F)F)c1N. The van der Waals surface area contributed by atoms with Gasteiger partial charge in [-0.1, -0.05) is 0 Å². The highest BCUT2D eigenvalue weighted by Crippen LogP contribution is 2.41. The van der Waals surface area contributed by atoms with Crippen LogP contribution in [0, 0.1) is 12.7 Å². The summed E-state index contributed by atoms with van der Waals surface area (Å²) in [5.41, 5.74) is 2.55. The van der Waals surface area contributed by atoms with E-state index in [4.69, 9.17) is 10.8 Å². The quantitative estimate of drug-likeness (QED) is 0.509. The molecule has 0 spiro atoms. The number of anilines is 1. The lowest BCUT2D eigenvalue weighted by atomic mass is 10.1. The molecule has 0 unspecified atom stereocenters. The van der Waals surface area contributed by atoms with Crippen LogP contribution >= 0.6 is 0 Å². The molecule has 0 saturated carbocycles. The van der Waals surface area contributed by atoms with Crippen LogP contribution < -0.4 is 5.73 Å². The minimum Gasteiger partial charge on any atom is -0.507 e. The molecule has 1 aromatic carbocycles. The van der Waals surface area contributed by atoms with E-state index in [0.717, 1.165) is 6.92 Å². The first-order valence-electron chi connectivity index (χ1n) is 3.60. The summed E-state index contributed by atoms with van der Waals surface area (Å²) in [7, 11) is 0. The molecule has 0 atom stereocenters. The van der Waals surface area contributed by atoms with Crippen molar-refractivity contribution in [2.45, 2.75) is 13.1 Å². The van der Waals surface area contributed by atoms with Gasteiger partial charge in [-0.25, -0.2) is 4.39 Å². The van der Waals surface area contributed by atoms with Gasteiger partial charge in [-0.15, -0.1) is 0 Å². The molecule has 14 heavy (non-hydrogen) atoms. The lowest BCUT2D eigenvalue weighted by molar-refractivity contribution is -0.138. The topological polar surface area (TPSA) is 46.2 Å². The Morgan fingerprint density at radius 2 is 1.86 bits per heavy atom. The average Bonchev–Trinajstić information content (AvgIpc) is 1.97.